The Kier molecular flexibility index (Phi) is 6.19. The molecule has 10 heteroatoms. The number of sulfone groups is 1. The monoisotopic (exact) mass is 441 g/mol. The minimum Gasteiger partial charge on any atom is -0.360 e. The molecule has 1 saturated heterocycles. The van der Waals surface area contributed by atoms with Crippen molar-refractivity contribution in [2.24, 2.45) is 0 Å². The zero-order chi connectivity index (χ0) is 21.4. The maximum absolute atomic E-state index is 12.9. The third-order valence-electron chi connectivity index (χ3n) is 5.25. The van der Waals surface area contributed by atoms with Crippen LogP contribution in [0.4, 0.5) is 0 Å². The second kappa shape index (κ2) is 8.17. The summed E-state index contributed by atoms with van der Waals surface area (Å²) in [6.07, 6.45) is 0. The van der Waals surface area contributed by atoms with Gasteiger partial charge in [-0.1, -0.05) is 17.3 Å². The van der Waals surface area contributed by atoms with Crippen molar-refractivity contribution >= 4 is 19.9 Å². The lowest BCUT2D eigenvalue weighted by atomic mass is 10.2. The van der Waals surface area contributed by atoms with Gasteiger partial charge >= 0.3 is 0 Å². The van der Waals surface area contributed by atoms with Crippen LogP contribution in [-0.4, -0.2) is 69.7 Å². The van der Waals surface area contributed by atoms with Gasteiger partial charge in [0.15, 0.2) is 15.6 Å². The summed E-state index contributed by atoms with van der Waals surface area (Å²) in [4.78, 5) is 2.49. The van der Waals surface area contributed by atoms with Gasteiger partial charge in [0.25, 0.3) is 0 Å². The van der Waals surface area contributed by atoms with Crippen molar-refractivity contribution in [1.29, 1.82) is 0 Å². The van der Waals surface area contributed by atoms with E-state index in [4.69, 9.17) is 4.52 Å². The van der Waals surface area contributed by atoms with E-state index in [2.05, 4.69) is 5.16 Å². The fourth-order valence-electron chi connectivity index (χ4n) is 3.57. The van der Waals surface area contributed by atoms with Gasteiger partial charge in [-0.05, 0) is 44.9 Å². The number of nitrogens with zero attached hydrogens (tertiary/aromatic N) is 3. The first-order chi connectivity index (χ1) is 13.5. The van der Waals surface area contributed by atoms with Gasteiger partial charge in [-0.25, -0.2) is 16.8 Å². The van der Waals surface area contributed by atoms with Crippen molar-refractivity contribution < 1.29 is 21.4 Å². The van der Waals surface area contributed by atoms with Gasteiger partial charge in [-0.2, -0.15) is 4.31 Å². The Morgan fingerprint density at radius 3 is 2.24 bits per heavy atom. The van der Waals surface area contributed by atoms with Crippen molar-refractivity contribution in [2.45, 2.75) is 37.5 Å². The van der Waals surface area contributed by atoms with E-state index in [9.17, 15) is 16.8 Å². The summed E-state index contributed by atoms with van der Waals surface area (Å²) in [5.41, 5.74) is 2.00. The van der Waals surface area contributed by atoms with Gasteiger partial charge in [-0.3, -0.25) is 4.90 Å². The zero-order valence-corrected chi connectivity index (χ0v) is 18.8. The maximum Gasteiger partial charge on any atom is 0.248 e. The first-order valence-electron chi connectivity index (χ1n) is 9.48. The predicted molar refractivity (Wildman–Crippen MR) is 109 cm³/mol. The molecule has 0 atom stereocenters. The Morgan fingerprint density at radius 2 is 1.66 bits per heavy atom. The third-order valence-corrected chi connectivity index (χ3v) is 9.23. The number of rotatable bonds is 6. The summed E-state index contributed by atoms with van der Waals surface area (Å²) in [6, 6.07) is 5.42. The molecule has 1 aromatic heterocycles. The van der Waals surface area contributed by atoms with Crippen LogP contribution in [-0.2, 0) is 19.9 Å². The SMILES string of the molecule is Cc1ccc(C)c(S(=O)(=O)CCN2CCN(S(=O)(=O)c3c(C)noc3C)CC2)c1. The molecule has 1 aliphatic rings. The normalized spacial score (nSPS) is 17.0. The molecular weight excluding hydrogens is 414 g/mol. The summed E-state index contributed by atoms with van der Waals surface area (Å²) in [7, 11) is -7.06. The van der Waals surface area contributed by atoms with Gasteiger partial charge < -0.3 is 4.52 Å². The molecule has 0 radical (unpaired) electrons. The molecule has 0 amide bonds. The lowest BCUT2D eigenvalue weighted by Crippen LogP contribution is -2.49. The second-order valence-corrected chi connectivity index (χ2v) is 11.4. The van der Waals surface area contributed by atoms with E-state index in [-0.39, 0.29) is 16.4 Å². The number of piperazine rings is 1. The van der Waals surface area contributed by atoms with Gasteiger partial charge in [0, 0.05) is 32.7 Å². The summed E-state index contributed by atoms with van der Waals surface area (Å²) in [6.45, 7) is 8.79. The molecule has 160 valence electrons. The molecule has 2 aromatic rings. The van der Waals surface area contributed by atoms with E-state index in [1.54, 1.807) is 26.8 Å². The highest BCUT2D eigenvalue weighted by Crippen LogP contribution is 2.24. The van der Waals surface area contributed by atoms with E-state index < -0.39 is 19.9 Å². The average molecular weight is 442 g/mol. The Hall–Kier alpha value is -1.75. The van der Waals surface area contributed by atoms with Crippen LogP contribution in [0, 0.1) is 27.7 Å². The molecule has 8 nitrogen and oxygen atoms in total. The number of hydrogen-bond donors (Lipinski definition) is 0. The average Bonchev–Trinajstić information content (AvgIpc) is 3.01. The van der Waals surface area contributed by atoms with Crippen LogP contribution in [0.15, 0.2) is 32.5 Å². The van der Waals surface area contributed by atoms with Gasteiger partial charge in [0.1, 0.15) is 10.6 Å². The highest BCUT2D eigenvalue weighted by Gasteiger charge is 2.33. The minimum atomic E-state index is -3.67. The van der Waals surface area contributed by atoms with Crippen LogP contribution >= 0.6 is 0 Å². The number of benzene rings is 1. The molecule has 1 fully saturated rings. The first kappa shape index (κ1) is 21.9. The molecule has 0 bridgehead atoms. The van der Waals surface area contributed by atoms with E-state index in [0.717, 1.165) is 11.1 Å². The summed E-state index contributed by atoms with van der Waals surface area (Å²) >= 11 is 0. The predicted octanol–water partition coefficient (Wildman–Crippen LogP) is 1.69. The van der Waals surface area contributed by atoms with E-state index in [1.807, 2.05) is 24.0 Å². The molecule has 0 aliphatic carbocycles. The molecular formula is C19H27N3O5S2. The van der Waals surface area contributed by atoms with Crippen LogP contribution < -0.4 is 0 Å². The standard InChI is InChI=1S/C19H27N3O5S2/c1-14-5-6-15(2)18(13-14)28(23,24)12-11-21-7-9-22(10-8-21)29(25,26)19-16(3)20-27-17(19)4/h5-6,13H,7-12H2,1-4H3. The third kappa shape index (κ3) is 4.55. The van der Waals surface area contributed by atoms with Crippen molar-refractivity contribution in [3.05, 3.63) is 40.8 Å². The number of aromatic nitrogens is 1. The molecule has 1 aromatic carbocycles. The van der Waals surface area contributed by atoms with Crippen LogP contribution in [0.2, 0.25) is 0 Å². The van der Waals surface area contributed by atoms with Crippen LogP contribution in [0.3, 0.4) is 0 Å². The summed E-state index contributed by atoms with van der Waals surface area (Å²) < 4.78 is 57.7. The highest BCUT2D eigenvalue weighted by molar-refractivity contribution is 7.91. The van der Waals surface area contributed by atoms with Gasteiger partial charge in [0.05, 0.1) is 10.6 Å². The van der Waals surface area contributed by atoms with Crippen molar-refractivity contribution in [2.75, 3.05) is 38.5 Å². The molecule has 29 heavy (non-hydrogen) atoms. The summed E-state index contributed by atoms with van der Waals surface area (Å²) in [5, 5.41) is 3.73. The zero-order valence-electron chi connectivity index (χ0n) is 17.2. The van der Waals surface area contributed by atoms with Crippen LogP contribution in [0.5, 0.6) is 0 Å². The largest absolute Gasteiger partial charge is 0.360 e. The lowest BCUT2D eigenvalue weighted by molar-refractivity contribution is 0.197. The fraction of sp³-hybridized carbons (Fsp3) is 0.526. The van der Waals surface area contributed by atoms with Gasteiger partial charge in [-0.15, -0.1) is 0 Å². The van der Waals surface area contributed by atoms with E-state index in [1.165, 1.54) is 4.31 Å². The minimum absolute atomic E-state index is 0.00785. The molecule has 0 saturated carbocycles. The van der Waals surface area contributed by atoms with Crippen molar-refractivity contribution in [3.63, 3.8) is 0 Å². The number of sulfonamides is 1. The maximum atomic E-state index is 12.9. The van der Waals surface area contributed by atoms with Crippen LogP contribution in [0.25, 0.3) is 0 Å². The van der Waals surface area contributed by atoms with Crippen molar-refractivity contribution in [1.82, 2.24) is 14.4 Å². The molecule has 1 aliphatic heterocycles. The fourth-order valence-corrected chi connectivity index (χ4v) is 6.92. The second-order valence-electron chi connectivity index (χ2n) is 7.49. The summed E-state index contributed by atoms with van der Waals surface area (Å²) in [5.74, 6) is 0.290. The van der Waals surface area contributed by atoms with Gasteiger partial charge in [0.2, 0.25) is 10.0 Å². The first-order valence-corrected chi connectivity index (χ1v) is 12.6. The Balaban J connectivity index is 1.62. The molecule has 2 heterocycles. The smallest absolute Gasteiger partial charge is 0.248 e. The lowest BCUT2D eigenvalue weighted by Gasteiger charge is -2.33. The van der Waals surface area contributed by atoms with E-state index in [0.29, 0.717) is 43.3 Å². The molecule has 0 spiro atoms. The van der Waals surface area contributed by atoms with E-state index >= 15 is 0 Å². The van der Waals surface area contributed by atoms with Crippen LogP contribution in [0.1, 0.15) is 22.6 Å². The highest BCUT2D eigenvalue weighted by atomic mass is 32.2. The Bertz CT molecular complexity index is 1080. The Morgan fingerprint density at radius 1 is 1.00 bits per heavy atom. The Labute approximate surface area is 172 Å². The molecule has 0 N–H and O–H groups in total. The quantitative estimate of drug-likeness (QED) is 0.672. The van der Waals surface area contributed by atoms with Crippen molar-refractivity contribution in [3.8, 4) is 0 Å². The number of hydrogen-bond acceptors (Lipinski definition) is 7. The topological polar surface area (TPSA) is 101 Å². The molecule has 0 unspecified atom stereocenters. The number of aryl methyl sites for hydroxylation is 4. The molecule has 3 rings (SSSR count).